The zero-order valence-corrected chi connectivity index (χ0v) is 12.1. The highest BCUT2D eigenvalue weighted by molar-refractivity contribution is 5.95. The second-order valence-electron chi connectivity index (χ2n) is 5.07. The van der Waals surface area contributed by atoms with Crippen molar-refractivity contribution in [2.24, 2.45) is 0 Å². The molecule has 3 N–H and O–H groups in total. The molecule has 0 radical (unpaired) electrons. The van der Waals surface area contributed by atoms with Gasteiger partial charge in [0.15, 0.2) is 6.61 Å². The standard InChI is InChI=1S/C15H21N3O3/c1-16-11-6-8-13(9-7-11)21-10-14(19)18-15(20)17-12-4-2-3-5-12/h6-9,12,16H,2-5,10H2,1H3,(H2,17,18,19,20). The normalized spacial score (nSPS) is 14.5. The Balaban J connectivity index is 1.69. The Morgan fingerprint density at radius 3 is 2.48 bits per heavy atom. The van der Waals surface area contributed by atoms with Crippen LogP contribution in [-0.2, 0) is 4.79 Å². The van der Waals surface area contributed by atoms with E-state index in [0.29, 0.717) is 5.75 Å². The van der Waals surface area contributed by atoms with Crippen molar-refractivity contribution in [3.8, 4) is 5.75 Å². The Morgan fingerprint density at radius 2 is 1.86 bits per heavy atom. The first kappa shape index (κ1) is 15.2. The Bertz CT molecular complexity index is 481. The fourth-order valence-electron chi connectivity index (χ4n) is 2.32. The lowest BCUT2D eigenvalue weighted by Gasteiger charge is -2.12. The molecule has 3 amide bonds. The highest BCUT2D eigenvalue weighted by Crippen LogP contribution is 2.17. The Hall–Kier alpha value is -2.24. The Morgan fingerprint density at radius 1 is 1.19 bits per heavy atom. The summed E-state index contributed by atoms with van der Waals surface area (Å²) in [6, 6.07) is 6.96. The number of imide groups is 1. The number of carbonyl (C=O) groups excluding carboxylic acids is 2. The molecular formula is C15H21N3O3. The van der Waals surface area contributed by atoms with Gasteiger partial charge in [0, 0.05) is 18.8 Å². The topological polar surface area (TPSA) is 79.5 Å². The highest BCUT2D eigenvalue weighted by atomic mass is 16.5. The van der Waals surface area contributed by atoms with Gasteiger partial charge in [-0.2, -0.15) is 0 Å². The minimum atomic E-state index is -0.455. The molecule has 0 spiro atoms. The smallest absolute Gasteiger partial charge is 0.321 e. The molecule has 114 valence electrons. The third kappa shape index (κ3) is 4.98. The van der Waals surface area contributed by atoms with Gasteiger partial charge in [0.25, 0.3) is 5.91 Å². The fourth-order valence-corrected chi connectivity index (χ4v) is 2.32. The van der Waals surface area contributed by atoms with E-state index in [2.05, 4.69) is 16.0 Å². The second-order valence-corrected chi connectivity index (χ2v) is 5.07. The second kappa shape index (κ2) is 7.52. The number of hydrogen-bond acceptors (Lipinski definition) is 4. The van der Waals surface area contributed by atoms with E-state index < -0.39 is 11.9 Å². The summed E-state index contributed by atoms with van der Waals surface area (Å²) in [6.07, 6.45) is 4.22. The summed E-state index contributed by atoms with van der Waals surface area (Å²) < 4.78 is 5.32. The number of ether oxygens (including phenoxy) is 1. The highest BCUT2D eigenvalue weighted by Gasteiger charge is 2.18. The molecule has 21 heavy (non-hydrogen) atoms. The van der Waals surface area contributed by atoms with E-state index in [1.165, 1.54) is 0 Å². The van der Waals surface area contributed by atoms with E-state index in [0.717, 1.165) is 31.4 Å². The summed E-state index contributed by atoms with van der Waals surface area (Å²) in [5, 5.41) is 8.05. The van der Waals surface area contributed by atoms with Gasteiger partial charge >= 0.3 is 6.03 Å². The SMILES string of the molecule is CNc1ccc(OCC(=O)NC(=O)NC2CCCC2)cc1. The van der Waals surface area contributed by atoms with E-state index in [1.54, 1.807) is 12.1 Å². The molecule has 1 aliphatic rings. The van der Waals surface area contributed by atoms with Gasteiger partial charge in [-0.15, -0.1) is 0 Å². The number of hydrogen-bond donors (Lipinski definition) is 3. The average molecular weight is 291 g/mol. The van der Waals surface area contributed by atoms with Crippen LogP contribution in [0.3, 0.4) is 0 Å². The Kier molecular flexibility index (Phi) is 5.43. The van der Waals surface area contributed by atoms with Gasteiger partial charge in [-0.05, 0) is 37.1 Å². The number of rotatable bonds is 5. The van der Waals surface area contributed by atoms with Crippen LogP contribution in [0.25, 0.3) is 0 Å². The molecule has 0 heterocycles. The van der Waals surface area contributed by atoms with Crippen molar-refractivity contribution in [3.05, 3.63) is 24.3 Å². The summed E-state index contributed by atoms with van der Waals surface area (Å²) in [4.78, 5) is 23.2. The van der Waals surface area contributed by atoms with E-state index in [1.807, 2.05) is 19.2 Å². The predicted molar refractivity (Wildman–Crippen MR) is 80.4 cm³/mol. The third-order valence-corrected chi connectivity index (χ3v) is 3.46. The number of benzene rings is 1. The molecule has 1 aromatic rings. The summed E-state index contributed by atoms with van der Waals surface area (Å²) in [5.74, 6) is 0.128. The van der Waals surface area contributed by atoms with E-state index in [9.17, 15) is 9.59 Å². The minimum absolute atomic E-state index is 0.184. The van der Waals surface area contributed by atoms with Crippen molar-refractivity contribution in [1.82, 2.24) is 10.6 Å². The molecule has 2 rings (SSSR count). The molecule has 0 unspecified atom stereocenters. The lowest BCUT2D eigenvalue weighted by atomic mass is 10.2. The fraction of sp³-hybridized carbons (Fsp3) is 0.467. The van der Waals surface area contributed by atoms with Crippen molar-refractivity contribution in [3.63, 3.8) is 0 Å². The Labute approximate surface area is 124 Å². The van der Waals surface area contributed by atoms with E-state index >= 15 is 0 Å². The molecule has 1 aromatic carbocycles. The molecule has 1 saturated carbocycles. The van der Waals surface area contributed by atoms with Crippen molar-refractivity contribution in [2.45, 2.75) is 31.7 Å². The van der Waals surface area contributed by atoms with Crippen LogP contribution in [0.4, 0.5) is 10.5 Å². The van der Waals surface area contributed by atoms with Crippen LogP contribution in [-0.4, -0.2) is 31.6 Å². The van der Waals surface area contributed by atoms with Crippen molar-refractivity contribution in [1.29, 1.82) is 0 Å². The van der Waals surface area contributed by atoms with E-state index in [-0.39, 0.29) is 12.6 Å². The molecule has 0 aliphatic heterocycles. The lowest BCUT2D eigenvalue weighted by molar-refractivity contribution is -0.122. The van der Waals surface area contributed by atoms with Gasteiger partial charge in [0.05, 0.1) is 0 Å². The molecule has 0 bridgehead atoms. The van der Waals surface area contributed by atoms with Crippen molar-refractivity contribution >= 4 is 17.6 Å². The first-order chi connectivity index (χ1) is 10.2. The summed E-state index contributed by atoms with van der Waals surface area (Å²) in [6.45, 7) is -0.184. The number of carbonyl (C=O) groups is 2. The maximum Gasteiger partial charge on any atom is 0.321 e. The number of nitrogens with one attached hydrogen (secondary N) is 3. The molecule has 0 saturated heterocycles. The van der Waals surface area contributed by atoms with Crippen LogP contribution in [0.15, 0.2) is 24.3 Å². The van der Waals surface area contributed by atoms with Crippen LogP contribution >= 0.6 is 0 Å². The van der Waals surface area contributed by atoms with Crippen LogP contribution < -0.4 is 20.7 Å². The minimum Gasteiger partial charge on any atom is -0.484 e. The maximum atomic E-state index is 11.6. The molecular weight excluding hydrogens is 270 g/mol. The van der Waals surface area contributed by atoms with Crippen LogP contribution in [0, 0.1) is 0 Å². The van der Waals surface area contributed by atoms with Gasteiger partial charge in [0.1, 0.15) is 5.75 Å². The number of anilines is 1. The number of urea groups is 1. The maximum absolute atomic E-state index is 11.6. The number of amides is 3. The van der Waals surface area contributed by atoms with Gasteiger partial charge in [-0.1, -0.05) is 12.8 Å². The molecule has 6 heteroatoms. The molecule has 6 nitrogen and oxygen atoms in total. The van der Waals surface area contributed by atoms with Crippen LogP contribution in [0.2, 0.25) is 0 Å². The van der Waals surface area contributed by atoms with Gasteiger partial charge in [-0.3, -0.25) is 10.1 Å². The summed E-state index contributed by atoms with van der Waals surface area (Å²) in [5.41, 5.74) is 0.961. The zero-order chi connectivity index (χ0) is 15.1. The average Bonchev–Trinajstić information content (AvgIpc) is 2.98. The quantitative estimate of drug-likeness (QED) is 0.774. The predicted octanol–water partition coefficient (Wildman–Crippen LogP) is 1.88. The monoisotopic (exact) mass is 291 g/mol. The molecule has 1 fully saturated rings. The van der Waals surface area contributed by atoms with E-state index in [4.69, 9.17) is 4.74 Å². The molecule has 1 aliphatic carbocycles. The first-order valence-electron chi connectivity index (χ1n) is 7.18. The summed E-state index contributed by atoms with van der Waals surface area (Å²) in [7, 11) is 1.83. The third-order valence-electron chi connectivity index (χ3n) is 3.46. The summed E-state index contributed by atoms with van der Waals surface area (Å²) >= 11 is 0. The van der Waals surface area contributed by atoms with Gasteiger partial charge in [-0.25, -0.2) is 4.79 Å². The van der Waals surface area contributed by atoms with Crippen LogP contribution in [0.5, 0.6) is 5.75 Å². The van der Waals surface area contributed by atoms with Crippen LogP contribution in [0.1, 0.15) is 25.7 Å². The van der Waals surface area contributed by atoms with Gasteiger partial charge < -0.3 is 15.4 Å². The largest absolute Gasteiger partial charge is 0.484 e. The lowest BCUT2D eigenvalue weighted by Crippen LogP contribution is -2.45. The molecule has 0 aromatic heterocycles. The van der Waals surface area contributed by atoms with Crippen molar-refractivity contribution in [2.75, 3.05) is 19.0 Å². The van der Waals surface area contributed by atoms with Gasteiger partial charge in [0.2, 0.25) is 0 Å². The molecule has 0 atom stereocenters. The first-order valence-corrected chi connectivity index (χ1v) is 7.18. The van der Waals surface area contributed by atoms with Crippen molar-refractivity contribution < 1.29 is 14.3 Å². The zero-order valence-electron chi connectivity index (χ0n) is 12.1.